The number of benzene rings is 1. The molecule has 1 aliphatic heterocycles. The number of pyridine rings is 1. The number of carbonyl (C=O) groups excluding carboxylic acids is 1. The van der Waals surface area contributed by atoms with Gasteiger partial charge in [0.2, 0.25) is 5.91 Å². The predicted octanol–water partition coefficient (Wildman–Crippen LogP) is 4.57. The zero-order valence-corrected chi connectivity index (χ0v) is 20.4. The molecule has 1 aliphatic rings. The first-order valence-electron chi connectivity index (χ1n) is 11.2. The maximum Gasteiger partial charge on any atom is 0.242 e. The number of amides is 1. The van der Waals surface area contributed by atoms with E-state index in [0.29, 0.717) is 42.2 Å². The average Bonchev–Trinajstić information content (AvgIpc) is 3.58. The molecule has 1 saturated heterocycles. The molecule has 8 nitrogen and oxygen atoms in total. The molecule has 35 heavy (non-hydrogen) atoms. The quantitative estimate of drug-likeness (QED) is 0.384. The van der Waals surface area contributed by atoms with Gasteiger partial charge in [-0.25, -0.2) is 19.3 Å². The molecular weight excluding hydrogens is 489 g/mol. The Morgan fingerprint density at radius 1 is 1.29 bits per heavy atom. The van der Waals surface area contributed by atoms with Gasteiger partial charge >= 0.3 is 0 Å². The number of anilines is 1. The Kier molecular flexibility index (Phi) is 5.42. The largest absolute Gasteiger partial charge is 0.358 e. The Balaban J connectivity index is 1.19. The predicted molar refractivity (Wildman–Crippen MR) is 135 cm³/mol. The Morgan fingerprint density at radius 2 is 2.17 bits per heavy atom. The fourth-order valence-electron chi connectivity index (χ4n) is 4.64. The molecule has 11 heteroatoms. The van der Waals surface area contributed by atoms with Crippen molar-refractivity contribution < 1.29 is 9.18 Å². The monoisotopic (exact) mass is 509 g/mol. The van der Waals surface area contributed by atoms with E-state index in [4.69, 9.17) is 11.6 Å². The minimum absolute atomic E-state index is 0.0181. The molecule has 4 aromatic heterocycles. The zero-order valence-electron chi connectivity index (χ0n) is 18.8. The van der Waals surface area contributed by atoms with E-state index in [1.54, 1.807) is 11.7 Å². The van der Waals surface area contributed by atoms with Crippen LogP contribution in [-0.4, -0.2) is 61.0 Å². The van der Waals surface area contributed by atoms with E-state index in [1.807, 2.05) is 33.9 Å². The third kappa shape index (κ3) is 3.92. The number of halogens is 2. The van der Waals surface area contributed by atoms with Gasteiger partial charge in [-0.15, -0.1) is 11.3 Å². The van der Waals surface area contributed by atoms with E-state index in [2.05, 4.69) is 31.8 Å². The first-order valence-corrected chi connectivity index (χ1v) is 12.5. The maximum atomic E-state index is 13.9. The van der Waals surface area contributed by atoms with Crippen LogP contribution in [0.5, 0.6) is 0 Å². The van der Waals surface area contributed by atoms with Crippen LogP contribution in [0.25, 0.3) is 33.6 Å². The fraction of sp³-hybridized carbons (Fsp3) is 0.250. The highest BCUT2D eigenvalue weighted by Crippen LogP contribution is 2.35. The number of fused-ring (bicyclic) bond motifs is 2. The number of nitrogens with zero attached hydrogens (tertiary/aromatic N) is 6. The summed E-state index contributed by atoms with van der Waals surface area (Å²) in [6.45, 7) is 4.27. The van der Waals surface area contributed by atoms with E-state index >= 15 is 0 Å². The van der Waals surface area contributed by atoms with E-state index < -0.39 is 5.82 Å². The number of thiazole rings is 1. The highest BCUT2D eigenvalue weighted by atomic mass is 35.5. The first kappa shape index (κ1) is 22.0. The lowest BCUT2D eigenvalue weighted by Gasteiger charge is -2.40. The Labute approximate surface area is 209 Å². The number of nitrogens with one attached hydrogen (secondary N) is 1. The van der Waals surface area contributed by atoms with Gasteiger partial charge in [0.15, 0.2) is 5.82 Å². The molecule has 1 N–H and O–H groups in total. The third-order valence-electron chi connectivity index (χ3n) is 6.36. The van der Waals surface area contributed by atoms with Gasteiger partial charge in [-0.3, -0.25) is 4.79 Å². The number of hydrogen-bond acceptors (Lipinski definition) is 6. The molecule has 5 heterocycles. The Hall–Kier alpha value is -3.50. The van der Waals surface area contributed by atoms with Crippen molar-refractivity contribution in [1.82, 2.24) is 29.4 Å². The van der Waals surface area contributed by atoms with Crippen LogP contribution in [0.4, 0.5) is 9.39 Å². The summed E-state index contributed by atoms with van der Waals surface area (Å²) in [6, 6.07) is 8.73. The lowest BCUT2D eigenvalue weighted by molar-refractivity contribution is -0.134. The van der Waals surface area contributed by atoms with Crippen molar-refractivity contribution >= 4 is 55.9 Å². The van der Waals surface area contributed by atoms with Crippen LogP contribution in [0.2, 0.25) is 5.02 Å². The number of carbonyl (C=O) groups is 1. The molecule has 178 valence electrons. The van der Waals surface area contributed by atoms with E-state index in [0.717, 1.165) is 16.0 Å². The van der Waals surface area contributed by atoms with Crippen LogP contribution in [0.3, 0.4) is 0 Å². The topological polar surface area (TPSA) is 82.9 Å². The number of aromatic amines is 1. The summed E-state index contributed by atoms with van der Waals surface area (Å²) in [6.07, 6.45) is 3.65. The molecule has 1 fully saturated rings. The van der Waals surface area contributed by atoms with Crippen molar-refractivity contribution in [3.8, 4) is 11.5 Å². The molecule has 0 bridgehead atoms. The number of piperazine rings is 1. The van der Waals surface area contributed by atoms with Crippen molar-refractivity contribution in [2.24, 2.45) is 0 Å². The SMILES string of the molecule is C[C@@H]1CN(c2scnc2-c2nc3cc(Cl)c(F)cc3[nH]2)CCN1C(=O)Cn1ccc2cccnc21. The van der Waals surface area contributed by atoms with Crippen molar-refractivity contribution in [2.75, 3.05) is 24.5 Å². The summed E-state index contributed by atoms with van der Waals surface area (Å²) in [5.41, 5.74) is 4.45. The van der Waals surface area contributed by atoms with Gasteiger partial charge in [0.05, 0.1) is 21.6 Å². The first-order chi connectivity index (χ1) is 17.0. The van der Waals surface area contributed by atoms with Crippen molar-refractivity contribution in [3.05, 3.63) is 59.1 Å². The second-order valence-electron chi connectivity index (χ2n) is 8.62. The summed E-state index contributed by atoms with van der Waals surface area (Å²) in [5.74, 6) is 0.142. The van der Waals surface area contributed by atoms with Crippen molar-refractivity contribution in [3.63, 3.8) is 0 Å². The number of rotatable bonds is 4. The fourth-order valence-corrected chi connectivity index (χ4v) is 5.63. The van der Waals surface area contributed by atoms with Crippen molar-refractivity contribution in [1.29, 1.82) is 0 Å². The van der Waals surface area contributed by atoms with Crippen LogP contribution in [0.15, 0.2) is 48.2 Å². The number of imidazole rings is 1. The minimum Gasteiger partial charge on any atom is -0.358 e. The van der Waals surface area contributed by atoms with Crippen LogP contribution in [-0.2, 0) is 11.3 Å². The summed E-state index contributed by atoms with van der Waals surface area (Å²) in [7, 11) is 0. The number of aromatic nitrogens is 5. The summed E-state index contributed by atoms with van der Waals surface area (Å²) >= 11 is 7.44. The average molecular weight is 510 g/mol. The second-order valence-corrected chi connectivity index (χ2v) is 9.86. The zero-order chi connectivity index (χ0) is 24.1. The van der Waals surface area contributed by atoms with Gasteiger partial charge in [0, 0.05) is 49.5 Å². The van der Waals surface area contributed by atoms with Crippen LogP contribution in [0, 0.1) is 5.82 Å². The molecule has 5 aromatic rings. The van der Waals surface area contributed by atoms with Gasteiger partial charge < -0.3 is 19.4 Å². The van der Waals surface area contributed by atoms with E-state index in [-0.39, 0.29) is 23.5 Å². The molecule has 6 rings (SSSR count). The Morgan fingerprint density at radius 3 is 3.03 bits per heavy atom. The third-order valence-corrected chi connectivity index (χ3v) is 7.54. The standard InChI is InChI=1S/C24H21ClFN7OS/c1-14-11-32(7-8-33(14)20(34)12-31-6-4-15-3-2-5-27-23(15)31)24-21(28-13-35-24)22-29-18-9-16(25)17(26)10-19(18)30-22/h2-6,9-10,13-14H,7-8,11-12H2,1H3,(H,29,30)/t14-/m1/s1. The lowest BCUT2D eigenvalue weighted by atomic mass is 10.2. The molecular formula is C24H21ClFN7OS. The molecule has 1 amide bonds. The highest BCUT2D eigenvalue weighted by molar-refractivity contribution is 7.14. The van der Waals surface area contributed by atoms with Crippen molar-refractivity contribution in [2.45, 2.75) is 19.5 Å². The minimum atomic E-state index is -0.494. The van der Waals surface area contributed by atoms with E-state index in [1.165, 1.54) is 23.5 Å². The molecule has 0 unspecified atom stereocenters. The molecule has 1 aromatic carbocycles. The molecule has 0 aliphatic carbocycles. The van der Waals surface area contributed by atoms with Gasteiger partial charge in [0.1, 0.15) is 28.7 Å². The molecule has 1 atom stereocenters. The lowest BCUT2D eigenvalue weighted by Crippen LogP contribution is -2.54. The number of hydrogen-bond donors (Lipinski definition) is 1. The normalized spacial score (nSPS) is 16.5. The maximum absolute atomic E-state index is 13.9. The summed E-state index contributed by atoms with van der Waals surface area (Å²) < 4.78 is 15.8. The van der Waals surface area contributed by atoms with Gasteiger partial charge in [-0.1, -0.05) is 11.6 Å². The van der Waals surface area contributed by atoms with E-state index in [9.17, 15) is 9.18 Å². The van der Waals surface area contributed by atoms with Gasteiger partial charge in [-0.2, -0.15) is 0 Å². The van der Waals surface area contributed by atoms with Crippen LogP contribution < -0.4 is 4.90 Å². The summed E-state index contributed by atoms with van der Waals surface area (Å²) in [5, 5.41) is 2.02. The van der Waals surface area contributed by atoms with Crippen LogP contribution >= 0.6 is 22.9 Å². The Bertz CT molecular complexity index is 1520. The molecule has 0 radical (unpaired) electrons. The van der Waals surface area contributed by atoms with Crippen LogP contribution in [0.1, 0.15) is 6.92 Å². The highest BCUT2D eigenvalue weighted by Gasteiger charge is 2.30. The second kappa shape index (κ2) is 8.62. The summed E-state index contributed by atoms with van der Waals surface area (Å²) in [4.78, 5) is 34.0. The van der Waals surface area contributed by atoms with Gasteiger partial charge in [-0.05, 0) is 31.2 Å². The smallest absolute Gasteiger partial charge is 0.242 e. The molecule has 0 spiro atoms. The number of H-pyrrole nitrogens is 1. The van der Waals surface area contributed by atoms with Gasteiger partial charge in [0.25, 0.3) is 0 Å². The molecule has 0 saturated carbocycles.